The minimum Gasteiger partial charge on any atom is -0.309 e. The van der Waals surface area contributed by atoms with Crippen molar-refractivity contribution in [1.82, 2.24) is 19.5 Å². The molecule has 5 heteroatoms. The van der Waals surface area contributed by atoms with Crippen molar-refractivity contribution in [2.24, 2.45) is 0 Å². The molecule has 10 rings (SSSR count). The summed E-state index contributed by atoms with van der Waals surface area (Å²) in [5, 5.41) is 7.81. The Morgan fingerprint density at radius 3 is 1.05 bits per heavy atom. The number of hydrogen-bond acceptors (Lipinski definition) is 3. The van der Waals surface area contributed by atoms with Gasteiger partial charge in [0.05, 0.1) is 11.0 Å². The number of rotatable bonds is 8. The lowest BCUT2D eigenvalue weighted by Crippen LogP contribution is -2.74. The van der Waals surface area contributed by atoms with E-state index in [0.717, 1.165) is 22.4 Å². The molecule has 4 nitrogen and oxygen atoms in total. The Morgan fingerprint density at radius 1 is 0.344 bits per heavy atom. The fraction of sp³-hybridized carbons (Fsp3) is 0.136. The van der Waals surface area contributed by atoms with Crippen LogP contribution in [0.25, 0.3) is 61.7 Å². The van der Waals surface area contributed by atoms with Crippen LogP contribution in [0.5, 0.6) is 0 Å². The van der Waals surface area contributed by atoms with Crippen molar-refractivity contribution in [2.75, 3.05) is 0 Å². The lowest BCUT2D eigenvalue weighted by atomic mass is 9.85. The summed E-state index contributed by atoms with van der Waals surface area (Å²) in [6.45, 7) is 13.8. The SMILES string of the molecule is CC(C)(C)c1ccc2c(c1)c1cc(C(C)(C)C)ccc1n2-c1ccc([Si](c2ccccc2)(c2ccccc2)c2ccc(-c3nc(-c4ccccc4)nc(-c4ccccc4)n3)cc2)cc1. The van der Waals surface area contributed by atoms with Gasteiger partial charge in [-0.1, -0.05) is 211 Å². The van der Waals surface area contributed by atoms with Gasteiger partial charge >= 0.3 is 0 Å². The third-order valence-electron chi connectivity index (χ3n) is 12.7. The van der Waals surface area contributed by atoms with Gasteiger partial charge in [0.25, 0.3) is 0 Å². The Morgan fingerprint density at radius 2 is 0.672 bits per heavy atom. The topological polar surface area (TPSA) is 43.6 Å². The largest absolute Gasteiger partial charge is 0.309 e. The average Bonchev–Trinajstić information content (AvgIpc) is 3.66. The number of aromatic nitrogens is 4. The molecule has 0 atom stereocenters. The molecule has 0 aliphatic rings. The molecule has 0 saturated heterocycles. The molecular formula is C59H52N4Si. The summed E-state index contributed by atoms with van der Waals surface area (Å²) in [5.41, 5.74) is 9.18. The maximum absolute atomic E-state index is 5.06. The monoisotopic (exact) mass is 844 g/mol. The van der Waals surface area contributed by atoms with Gasteiger partial charge in [-0.2, -0.15) is 0 Å². The quantitative estimate of drug-likeness (QED) is 0.113. The summed E-state index contributed by atoms with van der Waals surface area (Å²) in [6.07, 6.45) is 0. The molecule has 0 spiro atoms. The van der Waals surface area contributed by atoms with Crippen LogP contribution in [0.2, 0.25) is 0 Å². The van der Waals surface area contributed by atoms with Crippen molar-refractivity contribution in [3.8, 4) is 39.9 Å². The minimum atomic E-state index is -2.89. The molecule has 0 radical (unpaired) electrons. The molecule has 0 unspecified atom stereocenters. The second kappa shape index (κ2) is 16.2. The van der Waals surface area contributed by atoms with E-state index in [9.17, 15) is 0 Å². The number of hydrogen-bond donors (Lipinski definition) is 0. The molecule has 0 N–H and O–H groups in total. The van der Waals surface area contributed by atoms with Crippen LogP contribution < -0.4 is 20.7 Å². The van der Waals surface area contributed by atoms with Crippen molar-refractivity contribution >= 4 is 50.6 Å². The minimum absolute atomic E-state index is 0.0362. The van der Waals surface area contributed by atoms with Gasteiger partial charge in [-0.15, -0.1) is 0 Å². The fourth-order valence-electron chi connectivity index (χ4n) is 9.28. The van der Waals surface area contributed by atoms with Gasteiger partial charge in [0, 0.05) is 33.2 Å². The molecule has 2 aromatic heterocycles. The van der Waals surface area contributed by atoms with Gasteiger partial charge in [-0.25, -0.2) is 15.0 Å². The Kier molecular flexibility index (Phi) is 10.3. The Balaban J connectivity index is 1.14. The van der Waals surface area contributed by atoms with Gasteiger partial charge < -0.3 is 4.57 Å². The summed E-state index contributed by atoms with van der Waals surface area (Å²) >= 11 is 0. The van der Waals surface area contributed by atoms with Crippen LogP contribution in [0.15, 0.2) is 206 Å². The first-order valence-electron chi connectivity index (χ1n) is 22.3. The van der Waals surface area contributed by atoms with Crippen LogP contribution in [0.4, 0.5) is 0 Å². The molecule has 0 fully saturated rings. The summed E-state index contributed by atoms with van der Waals surface area (Å²) in [4.78, 5) is 15.1. The standard InChI is InChI=1S/C59H52N4Si/c1-58(2,3)44-29-37-53-51(39-44)52-40-45(59(4,5)6)30-38-54(52)63(53)46-31-35-50(36-32-46)64(47-23-15-9-16-24-47,48-25-17-10-18-26-48)49-33-27-43(28-34-49)57-61-55(41-19-11-7-12-20-41)60-56(62-57)42-21-13-8-14-22-42/h7-40H,1-6H3. The first-order valence-corrected chi connectivity index (χ1v) is 24.3. The van der Waals surface area contributed by atoms with E-state index in [1.165, 1.54) is 53.7 Å². The Labute approximate surface area is 378 Å². The highest BCUT2D eigenvalue weighted by molar-refractivity contribution is 7.19. The summed E-state index contributed by atoms with van der Waals surface area (Å²) in [7, 11) is -2.89. The normalized spacial score (nSPS) is 12.2. The van der Waals surface area contributed by atoms with Crippen molar-refractivity contribution < 1.29 is 0 Å². The molecule has 0 bridgehead atoms. The van der Waals surface area contributed by atoms with Crippen LogP contribution in [-0.4, -0.2) is 27.6 Å². The van der Waals surface area contributed by atoms with E-state index in [2.05, 4.69) is 216 Å². The van der Waals surface area contributed by atoms with Crippen molar-refractivity contribution in [3.63, 3.8) is 0 Å². The molecule has 312 valence electrons. The highest BCUT2D eigenvalue weighted by atomic mass is 28.3. The average molecular weight is 845 g/mol. The van der Waals surface area contributed by atoms with Gasteiger partial charge in [0.1, 0.15) is 0 Å². The number of nitrogens with zero attached hydrogens (tertiary/aromatic N) is 4. The predicted octanol–water partition coefficient (Wildman–Crippen LogP) is 11.9. The maximum Gasteiger partial charge on any atom is 0.179 e. The van der Waals surface area contributed by atoms with Crippen LogP contribution in [0.1, 0.15) is 52.7 Å². The molecule has 0 aliphatic carbocycles. The highest BCUT2D eigenvalue weighted by Crippen LogP contribution is 2.37. The smallest absolute Gasteiger partial charge is 0.179 e. The van der Waals surface area contributed by atoms with Gasteiger partial charge in [0.2, 0.25) is 0 Å². The number of fused-ring (bicyclic) bond motifs is 3. The molecule has 10 aromatic rings. The second-order valence-electron chi connectivity index (χ2n) is 18.9. The lowest BCUT2D eigenvalue weighted by Gasteiger charge is -2.34. The first-order chi connectivity index (χ1) is 31.0. The predicted molar refractivity (Wildman–Crippen MR) is 271 cm³/mol. The van der Waals surface area contributed by atoms with E-state index in [1.54, 1.807) is 0 Å². The van der Waals surface area contributed by atoms with E-state index in [-0.39, 0.29) is 10.8 Å². The van der Waals surface area contributed by atoms with Crippen molar-refractivity contribution in [2.45, 2.75) is 52.4 Å². The zero-order valence-corrected chi connectivity index (χ0v) is 38.4. The Hall–Kier alpha value is -7.21. The van der Waals surface area contributed by atoms with E-state index in [1.807, 2.05) is 36.4 Å². The van der Waals surface area contributed by atoms with Crippen LogP contribution >= 0.6 is 0 Å². The zero-order chi connectivity index (χ0) is 44.1. The molecular weight excluding hydrogens is 793 g/mol. The summed E-state index contributed by atoms with van der Waals surface area (Å²) in [6, 6.07) is 75.2. The van der Waals surface area contributed by atoms with Gasteiger partial charge in [-0.3, -0.25) is 0 Å². The Bertz CT molecular complexity index is 3070. The van der Waals surface area contributed by atoms with E-state index < -0.39 is 8.07 Å². The molecule has 0 aliphatic heterocycles. The van der Waals surface area contributed by atoms with E-state index in [0.29, 0.717) is 17.5 Å². The van der Waals surface area contributed by atoms with Crippen molar-refractivity contribution in [1.29, 1.82) is 0 Å². The summed E-state index contributed by atoms with van der Waals surface area (Å²) < 4.78 is 2.46. The highest BCUT2D eigenvalue weighted by Gasteiger charge is 2.41. The van der Waals surface area contributed by atoms with Crippen LogP contribution in [0.3, 0.4) is 0 Å². The molecule has 64 heavy (non-hydrogen) atoms. The molecule has 2 heterocycles. The van der Waals surface area contributed by atoms with Crippen molar-refractivity contribution in [3.05, 3.63) is 217 Å². The lowest BCUT2D eigenvalue weighted by molar-refractivity contribution is 0.590. The van der Waals surface area contributed by atoms with E-state index >= 15 is 0 Å². The summed E-state index contributed by atoms with van der Waals surface area (Å²) in [5.74, 6) is 1.95. The third-order valence-corrected chi connectivity index (χ3v) is 17.5. The number of benzene rings is 8. The van der Waals surface area contributed by atoms with Crippen LogP contribution in [-0.2, 0) is 10.8 Å². The fourth-order valence-corrected chi connectivity index (χ4v) is 14.0. The van der Waals surface area contributed by atoms with Gasteiger partial charge in [-0.05, 0) is 79.1 Å². The van der Waals surface area contributed by atoms with Crippen LogP contribution in [0, 0.1) is 0 Å². The molecule has 0 saturated carbocycles. The van der Waals surface area contributed by atoms with Gasteiger partial charge in [0.15, 0.2) is 25.5 Å². The maximum atomic E-state index is 5.06. The molecule has 0 amide bonds. The second-order valence-corrected chi connectivity index (χ2v) is 22.8. The third kappa shape index (κ3) is 7.36. The van der Waals surface area contributed by atoms with E-state index in [4.69, 9.17) is 15.0 Å². The molecule has 8 aromatic carbocycles. The first kappa shape index (κ1) is 40.8. The zero-order valence-electron chi connectivity index (χ0n) is 37.4.